The lowest BCUT2D eigenvalue weighted by atomic mass is 10.1. The Bertz CT molecular complexity index is 599. The van der Waals surface area contributed by atoms with Crippen LogP contribution in [0.1, 0.15) is 29.4 Å². The molecule has 0 bridgehead atoms. The third-order valence-electron chi connectivity index (χ3n) is 3.05. The first-order chi connectivity index (χ1) is 9.62. The lowest BCUT2D eigenvalue weighted by molar-refractivity contribution is 0.300. The highest BCUT2D eigenvalue weighted by Crippen LogP contribution is 2.19. The molecule has 1 heterocycles. The summed E-state index contributed by atoms with van der Waals surface area (Å²) >= 11 is 0. The van der Waals surface area contributed by atoms with Gasteiger partial charge in [-0.05, 0) is 48.7 Å². The highest BCUT2D eigenvalue weighted by Gasteiger charge is 2.06. The van der Waals surface area contributed by atoms with Gasteiger partial charge < -0.3 is 10.5 Å². The van der Waals surface area contributed by atoms with Gasteiger partial charge >= 0.3 is 0 Å². The molecule has 1 aromatic heterocycles. The first-order valence-corrected chi connectivity index (χ1v) is 6.70. The Balaban J connectivity index is 2.14. The zero-order chi connectivity index (χ0) is 14.5. The Hall–Kier alpha value is -1.94. The number of hydrogen-bond acceptors (Lipinski definition) is 3. The van der Waals surface area contributed by atoms with E-state index in [4.69, 9.17) is 10.5 Å². The molecule has 2 N–H and O–H groups in total. The molecule has 0 aliphatic heterocycles. The molecule has 2 aromatic rings. The summed E-state index contributed by atoms with van der Waals surface area (Å²) in [6.45, 7) is 4.60. The van der Waals surface area contributed by atoms with E-state index in [9.17, 15) is 4.39 Å². The standard InChI is InChI=1S/C16H19FN2O/c1-3-15-16(5-4-11(2)19-15)20-10-13-6-12(9-18)7-14(17)8-13/h4-8H,3,9-10,18H2,1-2H3. The first-order valence-electron chi connectivity index (χ1n) is 6.70. The summed E-state index contributed by atoms with van der Waals surface area (Å²) in [7, 11) is 0. The number of nitrogens with zero attached hydrogens (tertiary/aromatic N) is 1. The van der Waals surface area contributed by atoms with E-state index in [1.54, 1.807) is 0 Å². The topological polar surface area (TPSA) is 48.1 Å². The number of aromatic nitrogens is 1. The van der Waals surface area contributed by atoms with E-state index in [1.165, 1.54) is 12.1 Å². The monoisotopic (exact) mass is 274 g/mol. The van der Waals surface area contributed by atoms with Crippen molar-refractivity contribution in [2.24, 2.45) is 5.73 Å². The molecule has 0 spiro atoms. The maximum atomic E-state index is 13.4. The Morgan fingerprint density at radius 2 is 1.95 bits per heavy atom. The molecule has 1 aromatic carbocycles. The molecule has 0 aliphatic carbocycles. The zero-order valence-electron chi connectivity index (χ0n) is 11.8. The minimum absolute atomic E-state index is 0.288. The van der Waals surface area contributed by atoms with Crippen molar-refractivity contribution in [1.29, 1.82) is 0 Å². The normalized spacial score (nSPS) is 10.6. The highest BCUT2D eigenvalue weighted by atomic mass is 19.1. The predicted octanol–water partition coefficient (Wildman–Crippen LogP) is 3.13. The number of ether oxygens (including phenoxy) is 1. The lowest BCUT2D eigenvalue weighted by Gasteiger charge is -2.11. The third-order valence-corrected chi connectivity index (χ3v) is 3.05. The van der Waals surface area contributed by atoms with Gasteiger partial charge in [-0.25, -0.2) is 4.39 Å². The van der Waals surface area contributed by atoms with Gasteiger partial charge in [0, 0.05) is 12.2 Å². The van der Waals surface area contributed by atoms with Crippen molar-refractivity contribution in [3.8, 4) is 5.75 Å². The van der Waals surface area contributed by atoms with Gasteiger partial charge in [-0.3, -0.25) is 4.98 Å². The van der Waals surface area contributed by atoms with Crippen LogP contribution in [0.3, 0.4) is 0 Å². The average molecular weight is 274 g/mol. The van der Waals surface area contributed by atoms with Crippen molar-refractivity contribution in [2.75, 3.05) is 0 Å². The Morgan fingerprint density at radius 1 is 1.20 bits per heavy atom. The molecule has 0 fully saturated rings. The van der Waals surface area contributed by atoms with Gasteiger partial charge in [-0.2, -0.15) is 0 Å². The van der Waals surface area contributed by atoms with Crippen LogP contribution in [0, 0.1) is 12.7 Å². The predicted molar refractivity (Wildman–Crippen MR) is 77.0 cm³/mol. The summed E-state index contributed by atoms with van der Waals surface area (Å²) in [5.74, 6) is 0.459. The molecule has 20 heavy (non-hydrogen) atoms. The summed E-state index contributed by atoms with van der Waals surface area (Å²) in [5, 5.41) is 0. The van der Waals surface area contributed by atoms with Crippen LogP contribution in [0.5, 0.6) is 5.75 Å². The van der Waals surface area contributed by atoms with Gasteiger partial charge in [0.15, 0.2) is 0 Å². The van der Waals surface area contributed by atoms with Gasteiger partial charge in [0.1, 0.15) is 18.2 Å². The van der Waals surface area contributed by atoms with Gasteiger partial charge in [-0.15, -0.1) is 0 Å². The first kappa shape index (κ1) is 14.5. The lowest BCUT2D eigenvalue weighted by Crippen LogP contribution is -2.03. The third kappa shape index (κ3) is 3.54. The molecule has 4 heteroatoms. The smallest absolute Gasteiger partial charge is 0.141 e. The molecular weight excluding hydrogens is 255 g/mol. The van der Waals surface area contributed by atoms with Crippen LogP contribution < -0.4 is 10.5 Å². The zero-order valence-corrected chi connectivity index (χ0v) is 11.8. The van der Waals surface area contributed by atoms with E-state index < -0.39 is 0 Å². The summed E-state index contributed by atoms with van der Waals surface area (Å²) in [5.41, 5.74) is 8.96. The average Bonchev–Trinajstić information content (AvgIpc) is 2.45. The highest BCUT2D eigenvalue weighted by molar-refractivity contribution is 5.30. The molecule has 0 unspecified atom stereocenters. The minimum Gasteiger partial charge on any atom is -0.487 e. The summed E-state index contributed by atoms with van der Waals surface area (Å²) in [6, 6.07) is 8.58. The molecule has 0 saturated heterocycles. The van der Waals surface area contributed by atoms with Crippen molar-refractivity contribution in [1.82, 2.24) is 4.98 Å². The fourth-order valence-corrected chi connectivity index (χ4v) is 2.06. The van der Waals surface area contributed by atoms with Crippen molar-refractivity contribution >= 4 is 0 Å². The van der Waals surface area contributed by atoms with E-state index >= 15 is 0 Å². The molecule has 0 atom stereocenters. The molecule has 0 aliphatic rings. The fourth-order valence-electron chi connectivity index (χ4n) is 2.06. The summed E-state index contributed by atoms with van der Waals surface area (Å²) in [6.07, 6.45) is 0.800. The maximum Gasteiger partial charge on any atom is 0.141 e. The van der Waals surface area contributed by atoms with E-state index in [-0.39, 0.29) is 5.82 Å². The van der Waals surface area contributed by atoms with Gasteiger partial charge in [-0.1, -0.05) is 13.0 Å². The van der Waals surface area contributed by atoms with Crippen molar-refractivity contribution in [3.63, 3.8) is 0 Å². The molecule has 2 rings (SSSR count). The van der Waals surface area contributed by atoms with E-state index in [0.717, 1.165) is 34.7 Å². The quantitative estimate of drug-likeness (QED) is 0.911. The molecule has 106 valence electrons. The van der Waals surface area contributed by atoms with Gasteiger partial charge in [0.05, 0.1) is 5.69 Å². The van der Waals surface area contributed by atoms with E-state index in [1.807, 2.05) is 32.0 Å². The van der Waals surface area contributed by atoms with Crippen LogP contribution in [-0.2, 0) is 19.6 Å². The maximum absolute atomic E-state index is 13.4. The van der Waals surface area contributed by atoms with Crippen molar-refractivity contribution in [2.45, 2.75) is 33.4 Å². The number of pyridine rings is 1. The van der Waals surface area contributed by atoms with Gasteiger partial charge in [0.2, 0.25) is 0 Å². The van der Waals surface area contributed by atoms with Crippen LogP contribution in [-0.4, -0.2) is 4.98 Å². The van der Waals surface area contributed by atoms with E-state index in [0.29, 0.717) is 13.2 Å². The Labute approximate surface area is 118 Å². The van der Waals surface area contributed by atoms with Crippen LogP contribution >= 0.6 is 0 Å². The summed E-state index contributed by atoms with van der Waals surface area (Å²) in [4.78, 5) is 4.44. The number of hydrogen-bond donors (Lipinski definition) is 1. The van der Waals surface area contributed by atoms with Crippen molar-refractivity contribution in [3.05, 3.63) is 58.7 Å². The number of nitrogens with two attached hydrogens (primary N) is 1. The molecule has 0 saturated carbocycles. The number of aryl methyl sites for hydroxylation is 2. The van der Waals surface area contributed by atoms with Crippen LogP contribution in [0.15, 0.2) is 30.3 Å². The molecular formula is C16H19FN2O. The largest absolute Gasteiger partial charge is 0.487 e. The molecule has 0 amide bonds. The summed E-state index contributed by atoms with van der Waals surface area (Å²) < 4.78 is 19.2. The van der Waals surface area contributed by atoms with E-state index in [2.05, 4.69) is 4.98 Å². The SMILES string of the molecule is CCc1nc(C)ccc1OCc1cc(F)cc(CN)c1. The van der Waals surface area contributed by atoms with Crippen LogP contribution in [0.25, 0.3) is 0 Å². The van der Waals surface area contributed by atoms with Gasteiger partial charge in [0.25, 0.3) is 0 Å². The van der Waals surface area contributed by atoms with Crippen LogP contribution in [0.4, 0.5) is 4.39 Å². The number of halogens is 1. The fraction of sp³-hybridized carbons (Fsp3) is 0.312. The number of rotatable bonds is 5. The Morgan fingerprint density at radius 3 is 2.65 bits per heavy atom. The van der Waals surface area contributed by atoms with Crippen molar-refractivity contribution < 1.29 is 9.13 Å². The van der Waals surface area contributed by atoms with Crippen LogP contribution in [0.2, 0.25) is 0 Å². The molecule has 0 radical (unpaired) electrons. The Kier molecular flexibility index (Phi) is 4.69. The number of benzene rings is 1. The second-order valence-corrected chi connectivity index (χ2v) is 4.71. The molecule has 3 nitrogen and oxygen atoms in total. The second kappa shape index (κ2) is 6.48. The minimum atomic E-state index is -0.288. The second-order valence-electron chi connectivity index (χ2n) is 4.71.